The molecule has 2 atom stereocenters. The van der Waals surface area contributed by atoms with E-state index < -0.39 is 30.8 Å². The minimum absolute atomic E-state index is 0.0530. The van der Waals surface area contributed by atoms with Crippen LogP contribution in [0.15, 0.2) is 11.0 Å². The number of rotatable bonds is 5. The molecule has 0 saturated heterocycles. The molecule has 0 saturated carbocycles. The molecular formula is C12H15N5O5. The molecule has 10 heteroatoms. The Labute approximate surface area is 124 Å². The summed E-state index contributed by atoms with van der Waals surface area (Å²) >= 11 is 0. The maximum atomic E-state index is 11.9. The van der Waals surface area contributed by atoms with E-state index in [1.54, 1.807) is 0 Å². The van der Waals surface area contributed by atoms with E-state index in [0.29, 0.717) is 0 Å². The van der Waals surface area contributed by atoms with Crippen LogP contribution in [0.5, 0.6) is 0 Å². The highest BCUT2D eigenvalue weighted by Gasteiger charge is 2.23. The van der Waals surface area contributed by atoms with Crippen molar-refractivity contribution >= 4 is 17.0 Å². The average molecular weight is 309 g/mol. The van der Waals surface area contributed by atoms with Crippen LogP contribution in [-0.2, 0) is 4.74 Å². The largest absolute Gasteiger partial charge is 0.393 e. The van der Waals surface area contributed by atoms with Gasteiger partial charge in [0, 0.05) is 6.20 Å². The van der Waals surface area contributed by atoms with Crippen molar-refractivity contribution in [1.82, 2.24) is 14.5 Å². The molecule has 2 heterocycles. The van der Waals surface area contributed by atoms with Crippen molar-refractivity contribution in [2.75, 3.05) is 12.3 Å². The van der Waals surface area contributed by atoms with Gasteiger partial charge in [-0.05, 0) is 6.92 Å². The van der Waals surface area contributed by atoms with Gasteiger partial charge in [0.25, 0.3) is 5.56 Å². The third-order valence-electron chi connectivity index (χ3n) is 3.10. The molecule has 2 rings (SSSR count). The fourth-order valence-electron chi connectivity index (χ4n) is 2.06. The lowest BCUT2D eigenvalue weighted by molar-refractivity contribution is -0.186. The summed E-state index contributed by atoms with van der Waals surface area (Å²) in [6.45, 7) is 0.910. The third kappa shape index (κ3) is 2.78. The number of anilines is 1. The summed E-state index contributed by atoms with van der Waals surface area (Å²) in [5.41, 5.74) is 5.13. The van der Waals surface area contributed by atoms with Crippen LogP contribution in [-0.4, -0.2) is 48.9 Å². The van der Waals surface area contributed by atoms with E-state index >= 15 is 0 Å². The number of aliphatic hydroxyl groups excluding tert-OH is 2. The molecule has 2 aromatic rings. The van der Waals surface area contributed by atoms with Gasteiger partial charge < -0.3 is 30.4 Å². The Morgan fingerprint density at radius 1 is 1.59 bits per heavy atom. The summed E-state index contributed by atoms with van der Waals surface area (Å²) in [5.74, 6) is -0.130. The van der Waals surface area contributed by atoms with Crippen molar-refractivity contribution in [2.45, 2.75) is 25.5 Å². The van der Waals surface area contributed by atoms with Gasteiger partial charge in [0.2, 0.25) is 5.95 Å². The summed E-state index contributed by atoms with van der Waals surface area (Å²) < 4.78 is 6.65. The van der Waals surface area contributed by atoms with Crippen LogP contribution < -0.4 is 11.3 Å². The van der Waals surface area contributed by atoms with E-state index in [1.807, 2.05) is 6.07 Å². The maximum absolute atomic E-state index is 11.9. The Kier molecular flexibility index (Phi) is 4.43. The number of nitrogens with one attached hydrogen (secondary N) is 1. The second-order valence-electron chi connectivity index (χ2n) is 4.58. The van der Waals surface area contributed by atoms with Crippen LogP contribution in [0.3, 0.4) is 0 Å². The van der Waals surface area contributed by atoms with E-state index in [0.717, 1.165) is 0 Å². The van der Waals surface area contributed by atoms with Crippen LogP contribution in [0.1, 0.15) is 18.7 Å². The van der Waals surface area contributed by atoms with E-state index in [4.69, 9.17) is 31.1 Å². The number of nitrogens with two attached hydrogens (primary N) is 1. The van der Waals surface area contributed by atoms with Gasteiger partial charge in [-0.3, -0.25) is 9.78 Å². The van der Waals surface area contributed by atoms with Crippen LogP contribution in [0.25, 0.3) is 11.0 Å². The Balaban J connectivity index is 2.52. The van der Waals surface area contributed by atoms with Gasteiger partial charge in [0.15, 0.2) is 11.9 Å². The highest BCUT2D eigenvalue weighted by Crippen LogP contribution is 2.22. The first-order valence-electron chi connectivity index (χ1n) is 6.32. The summed E-state index contributed by atoms with van der Waals surface area (Å²) in [4.78, 5) is 18.2. The normalized spacial score (nSPS) is 14.2. The first-order valence-corrected chi connectivity index (χ1v) is 6.32. The minimum atomic E-state index is -1.88. The molecule has 0 aromatic carbocycles. The molecule has 10 nitrogen and oxygen atoms in total. The summed E-state index contributed by atoms with van der Waals surface area (Å²) in [6, 6.07) is 1.87. The summed E-state index contributed by atoms with van der Waals surface area (Å²) in [6.07, 6.45) is -2.63. The van der Waals surface area contributed by atoms with Crippen molar-refractivity contribution in [2.24, 2.45) is 0 Å². The molecule has 0 radical (unpaired) electrons. The zero-order valence-electron chi connectivity index (χ0n) is 11.6. The van der Waals surface area contributed by atoms with Gasteiger partial charge in [0.05, 0.1) is 12.2 Å². The minimum Gasteiger partial charge on any atom is -0.393 e. The number of hydrogen-bond donors (Lipinski definition) is 5. The van der Waals surface area contributed by atoms with E-state index in [2.05, 4.69) is 9.97 Å². The van der Waals surface area contributed by atoms with Crippen molar-refractivity contribution in [1.29, 1.82) is 5.26 Å². The quantitative estimate of drug-likeness (QED) is 0.410. The molecule has 0 spiro atoms. The zero-order chi connectivity index (χ0) is 16.4. The molecule has 2 aromatic heterocycles. The number of aliphatic hydroxyl groups is 3. The average Bonchev–Trinajstić information content (AvgIpc) is 2.82. The fourth-order valence-corrected chi connectivity index (χ4v) is 2.06. The van der Waals surface area contributed by atoms with Crippen LogP contribution in [0.2, 0.25) is 0 Å². The number of nitrogen functional groups attached to an aromatic ring is 1. The van der Waals surface area contributed by atoms with E-state index in [-0.39, 0.29) is 22.5 Å². The lowest BCUT2D eigenvalue weighted by atomic mass is 10.3. The van der Waals surface area contributed by atoms with Gasteiger partial charge >= 0.3 is 0 Å². The Bertz CT molecular complexity index is 775. The topological polar surface area (TPSA) is 170 Å². The smallest absolute Gasteiger partial charge is 0.263 e. The molecule has 0 aliphatic rings. The first kappa shape index (κ1) is 15.9. The molecular weight excluding hydrogens is 294 g/mol. The van der Waals surface area contributed by atoms with E-state index in [1.165, 1.54) is 17.7 Å². The molecule has 0 aliphatic heterocycles. The number of nitriles is 1. The highest BCUT2D eigenvalue weighted by atomic mass is 16.6. The van der Waals surface area contributed by atoms with Gasteiger partial charge in [-0.15, -0.1) is 0 Å². The van der Waals surface area contributed by atoms with Gasteiger partial charge in [-0.1, -0.05) is 0 Å². The van der Waals surface area contributed by atoms with Crippen LogP contribution in [0.4, 0.5) is 5.95 Å². The number of aromatic amines is 1. The second kappa shape index (κ2) is 6.12. The number of hydrogen-bond acceptors (Lipinski definition) is 8. The molecule has 118 valence electrons. The van der Waals surface area contributed by atoms with Crippen LogP contribution >= 0.6 is 0 Å². The van der Waals surface area contributed by atoms with Crippen molar-refractivity contribution in [3.8, 4) is 6.07 Å². The van der Waals surface area contributed by atoms with Crippen molar-refractivity contribution < 1.29 is 20.1 Å². The maximum Gasteiger partial charge on any atom is 0.263 e. The number of nitrogens with zero attached hydrogens (tertiary/aromatic N) is 3. The molecule has 0 bridgehead atoms. The monoisotopic (exact) mass is 309 g/mol. The van der Waals surface area contributed by atoms with Crippen molar-refractivity contribution in [3.63, 3.8) is 0 Å². The molecule has 0 unspecified atom stereocenters. The number of H-pyrrole nitrogens is 1. The predicted molar refractivity (Wildman–Crippen MR) is 74.4 cm³/mol. The third-order valence-corrected chi connectivity index (χ3v) is 3.10. The van der Waals surface area contributed by atoms with Gasteiger partial charge in [-0.25, -0.2) is 0 Å². The molecule has 22 heavy (non-hydrogen) atoms. The first-order chi connectivity index (χ1) is 10.4. The SMILES string of the molecule is C[C@@H](O[C@H](CO)C(O)O)n1cc(C#N)c2c(=O)[nH]c(N)nc21. The summed E-state index contributed by atoms with van der Waals surface area (Å²) in [7, 11) is 0. The molecule has 0 fully saturated rings. The summed E-state index contributed by atoms with van der Waals surface area (Å²) in [5, 5.41) is 36.4. The Morgan fingerprint density at radius 2 is 2.27 bits per heavy atom. The van der Waals surface area contributed by atoms with Crippen molar-refractivity contribution in [3.05, 3.63) is 22.1 Å². The van der Waals surface area contributed by atoms with Crippen LogP contribution in [0, 0.1) is 11.3 Å². The number of aromatic nitrogens is 3. The fraction of sp³-hybridized carbons (Fsp3) is 0.417. The lowest BCUT2D eigenvalue weighted by Gasteiger charge is -2.23. The Morgan fingerprint density at radius 3 is 2.82 bits per heavy atom. The second-order valence-corrected chi connectivity index (χ2v) is 4.58. The molecule has 0 aliphatic carbocycles. The lowest BCUT2D eigenvalue weighted by Crippen LogP contribution is -2.34. The standard InChI is InChI=1S/C12H15N5O5/c1-5(22-7(4-18)11(20)21)17-3-6(2-13)8-9(17)15-12(14)16-10(8)19/h3,5,7,11,18,20-21H,4H2,1H3,(H3,14,15,16,19)/t5-,7-/m1/s1. The molecule has 0 amide bonds. The predicted octanol–water partition coefficient (Wildman–Crippen LogP) is -1.61. The van der Waals surface area contributed by atoms with Gasteiger partial charge in [0.1, 0.15) is 23.8 Å². The molecule has 6 N–H and O–H groups in total. The van der Waals surface area contributed by atoms with Gasteiger partial charge in [-0.2, -0.15) is 10.2 Å². The number of fused-ring (bicyclic) bond motifs is 1. The Hall–Kier alpha value is -2.45. The zero-order valence-corrected chi connectivity index (χ0v) is 11.6. The van der Waals surface area contributed by atoms with E-state index in [9.17, 15) is 4.79 Å². The highest BCUT2D eigenvalue weighted by molar-refractivity contribution is 5.83. The number of ether oxygens (including phenoxy) is 1.